The molecule has 0 spiro atoms. The molecule has 0 fully saturated rings. The lowest BCUT2D eigenvalue weighted by molar-refractivity contribution is 0.222. The van der Waals surface area contributed by atoms with Crippen molar-refractivity contribution in [3.63, 3.8) is 0 Å². The fraction of sp³-hybridized carbons (Fsp3) is 0.118. The van der Waals surface area contributed by atoms with Crippen LogP contribution in [0.5, 0.6) is 5.75 Å². The summed E-state index contributed by atoms with van der Waals surface area (Å²) in [6, 6.07) is 17.1. The zero-order chi connectivity index (χ0) is 13.9. The third kappa shape index (κ3) is 2.24. The summed E-state index contributed by atoms with van der Waals surface area (Å²) in [4.78, 5) is 4.31. The molecule has 3 rings (SSSR count). The van der Waals surface area contributed by atoms with E-state index in [1.54, 1.807) is 13.3 Å². The minimum absolute atomic E-state index is 0.672. The SMILES string of the molecule is COc1ccc(C(O)c2cccc3ncccc23)cc1. The van der Waals surface area contributed by atoms with Crippen LogP contribution in [0.3, 0.4) is 0 Å². The second-order valence-electron chi connectivity index (χ2n) is 4.59. The van der Waals surface area contributed by atoms with E-state index >= 15 is 0 Å². The molecule has 0 saturated carbocycles. The van der Waals surface area contributed by atoms with Gasteiger partial charge in [0.2, 0.25) is 0 Å². The quantitative estimate of drug-likeness (QED) is 0.790. The Morgan fingerprint density at radius 1 is 1.00 bits per heavy atom. The predicted octanol–water partition coefficient (Wildman–Crippen LogP) is 3.33. The zero-order valence-electron chi connectivity index (χ0n) is 11.2. The maximum Gasteiger partial charge on any atom is 0.118 e. The van der Waals surface area contributed by atoms with Crippen LogP contribution in [0.25, 0.3) is 10.9 Å². The lowest BCUT2D eigenvalue weighted by Gasteiger charge is -2.14. The van der Waals surface area contributed by atoms with Crippen molar-refractivity contribution < 1.29 is 9.84 Å². The van der Waals surface area contributed by atoms with E-state index in [0.29, 0.717) is 0 Å². The first-order valence-corrected chi connectivity index (χ1v) is 6.45. The summed E-state index contributed by atoms with van der Waals surface area (Å²) in [7, 11) is 1.63. The molecule has 0 aliphatic heterocycles. The number of rotatable bonds is 3. The van der Waals surface area contributed by atoms with Gasteiger partial charge >= 0.3 is 0 Å². The predicted molar refractivity (Wildman–Crippen MR) is 78.8 cm³/mol. The van der Waals surface area contributed by atoms with Crippen LogP contribution in [0, 0.1) is 0 Å². The largest absolute Gasteiger partial charge is 0.497 e. The molecule has 0 saturated heterocycles. The van der Waals surface area contributed by atoms with Gasteiger partial charge in [0.25, 0.3) is 0 Å². The Hall–Kier alpha value is -2.39. The molecule has 1 heterocycles. The first-order chi connectivity index (χ1) is 9.79. The fourth-order valence-electron chi connectivity index (χ4n) is 2.33. The standard InChI is InChI=1S/C17H15NO2/c1-20-13-9-7-12(8-10-13)17(19)15-4-2-6-16-14(15)5-3-11-18-16/h2-11,17,19H,1H3. The topological polar surface area (TPSA) is 42.4 Å². The molecule has 0 amide bonds. The van der Waals surface area contributed by atoms with Gasteiger partial charge in [0, 0.05) is 11.6 Å². The number of nitrogens with zero attached hydrogens (tertiary/aromatic N) is 1. The highest BCUT2D eigenvalue weighted by Crippen LogP contribution is 2.28. The van der Waals surface area contributed by atoms with Crippen molar-refractivity contribution in [2.24, 2.45) is 0 Å². The minimum atomic E-state index is -0.672. The molecule has 0 aliphatic rings. The first-order valence-electron chi connectivity index (χ1n) is 6.45. The van der Waals surface area contributed by atoms with E-state index < -0.39 is 6.10 Å². The average Bonchev–Trinajstić information content (AvgIpc) is 2.54. The average molecular weight is 265 g/mol. The number of pyridine rings is 1. The van der Waals surface area contributed by atoms with Crippen molar-refractivity contribution in [3.8, 4) is 5.75 Å². The molecule has 0 bridgehead atoms. The first kappa shape index (κ1) is 12.6. The number of aromatic nitrogens is 1. The molecule has 3 heteroatoms. The Labute approximate surface area is 117 Å². The van der Waals surface area contributed by atoms with E-state index in [9.17, 15) is 5.11 Å². The van der Waals surface area contributed by atoms with Crippen LogP contribution in [-0.2, 0) is 0 Å². The molecular formula is C17H15NO2. The number of ether oxygens (including phenoxy) is 1. The molecule has 0 radical (unpaired) electrons. The van der Waals surface area contributed by atoms with E-state index in [0.717, 1.165) is 27.8 Å². The third-order valence-corrected chi connectivity index (χ3v) is 3.41. The van der Waals surface area contributed by atoms with E-state index in [2.05, 4.69) is 4.98 Å². The van der Waals surface area contributed by atoms with Gasteiger partial charge < -0.3 is 9.84 Å². The number of hydrogen-bond acceptors (Lipinski definition) is 3. The molecule has 1 aromatic heterocycles. The number of fused-ring (bicyclic) bond motifs is 1. The fourth-order valence-corrected chi connectivity index (χ4v) is 2.33. The monoisotopic (exact) mass is 265 g/mol. The summed E-state index contributed by atoms with van der Waals surface area (Å²) in [6.07, 6.45) is 1.08. The lowest BCUT2D eigenvalue weighted by atomic mass is 9.97. The van der Waals surface area contributed by atoms with Crippen molar-refractivity contribution in [1.29, 1.82) is 0 Å². The Balaban J connectivity index is 2.05. The van der Waals surface area contributed by atoms with Crippen LogP contribution in [-0.4, -0.2) is 17.2 Å². The second kappa shape index (κ2) is 5.31. The molecule has 100 valence electrons. The molecule has 20 heavy (non-hydrogen) atoms. The van der Waals surface area contributed by atoms with Gasteiger partial charge in [-0.3, -0.25) is 4.98 Å². The normalized spacial score (nSPS) is 12.3. The van der Waals surface area contributed by atoms with Gasteiger partial charge in [-0.25, -0.2) is 0 Å². The smallest absolute Gasteiger partial charge is 0.118 e. The Morgan fingerprint density at radius 3 is 2.55 bits per heavy atom. The molecule has 3 nitrogen and oxygen atoms in total. The van der Waals surface area contributed by atoms with Crippen LogP contribution < -0.4 is 4.74 Å². The number of aliphatic hydroxyl groups excluding tert-OH is 1. The van der Waals surface area contributed by atoms with Crippen LogP contribution in [0.15, 0.2) is 60.8 Å². The Bertz CT molecular complexity index is 717. The van der Waals surface area contributed by atoms with Crippen LogP contribution in [0.4, 0.5) is 0 Å². The lowest BCUT2D eigenvalue weighted by Crippen LogP contribution is -2.00. The van der Waals surface area contributed by atoms with Gasteiger partial charge in [-0.2, -0.15) is 0 Å². The molecule has 1 N–H and O–H groups in total. The second-order valence-corrected chi connectivity index (χ2v) is 4.59. The highest BCUT2D eigenvalue weighted by atomic mass is 16.5. The summed E-state index contributed by atoms with van der Waals surface area (Å²) in [5, 5.41) is 11.6. The number of hydrogen-bond donors (Lipinski definition) is 1. The Kier molecular flexibility index (Phi) is 3.35. The van der Waals surface area contributed by atoms with Gasteiger partial charge in [0.05, 0.1) is 12.6 Å². The molecule has 1 unspecified atom stereocenters. The van der Waals surface area contributed by atoms with Crippen LogP contribution >= 0.6 is 0 Å². The summed E-state index contributed by atoms with van der Waals surface area (Å²) < 4.78 is 5.13. The number of methoxy groups -OCH3 is 1. The molecule has 0 aliphatic carbocycles. The van der Waals surface area contributed by atoms with Crippen LogP contribution in [0.2, 0.25) is 0 Å². The highest BCUT2D eigenvalue weighted by Gasteiger charge is 2.13. The van der Waals surface area contributed by atoms with E-state index in [1.807, 2.05) is 54.6 Å². The maximum absolute atomic E-state index is 10.6. The van der Waals surface area contributed by atoms with E-state index in [-0.39, 0.29) is 0 Å². The molecule has 3 aromatic rings. The number of aliphatic hydroxyl groups is 1. The van der Waals surface area contributed by atoms with Gasteiger partial charge in [0.15, 0.2) is 0 Å². The van der Waals surface area contributed by atoms with Crippen LogP contribution in [0.1, 0.15) is 17.2 Å². The van der Waals surface area contributed by atoms with Crippen molar-refractivity contribution >= 4 is 10.9 Å². The van der Waals surface area contributed by atoms with Gasteiger partial charge in [0.1, 0.15) is 11.9 Å². The zero-order valence-corrected chi connectivity index (χ0v) is 11.2. The highest BCUT2D eigenvalue weighted by molar-refractivity contribution is 5.82. The van der Waals surface area contributed by atoms with Crippen molar-refractivity contribution in [3.05, 3.63) is 71.9 Å². The van der Waals surface area contributed by atoms with Crippen molar-refractivity contribution in [2.45, 2.75) is 6.10 Å². The summed E-state index contributed by atoms with van der Waals surface area (Å²) >= 11 is 0. The molecular weight excluding hydrogens is 250 g/mol. The van der Waals surface area contributed by atoms with Crippen molar-refractivity contribution in [2.75, 3.05) is 7.11 Å². The number of benzene rings is 2. The summed E-state index contributed by atoms with van der Waals surface area (Å²) in [6.45, 7) is 0. The van der Waals surface area contributed by atoms with E-state index in [1.165, 1.54) is 0 Å². The Morgan fingerprint density at radius 2 is 1.80 bits per heavy atom. The summed E-state index contributed by atoms with van der Waals surface area (Å²) in [5.41, 5.74) is 2.58. The third-order valence-electron chi connectivity index (χ3n) is 3.41. The van der Waals surface area contributed by atoms with Crippen molar-refractivity contribution in [1.82, 2.24) is 4.98 Å². The molecule has 1 atom stereocenters. The van der Waals surface area contributed by atoms with E-state index in [4.69, 9.17) is 4.74 Å². The minimum Gasteiger partial charge on any atom is -0.497 e. The van der Waals surface area contributed by atoms with Gasteiger partial charge in [-0.05, 0) is 35.4 Å². The molecule has 2 aromatic carbocycles. The summed E-state index contributed by atoms with van der Waals surface area (Å²) in [5.74, 6) is 0.778. The van der Waals surface area contributed by atoms with Gasteiger partial charge in [-0.1, -0.05) is 30.3 Å². The maximum atomic E-state index is 10.6. The van der Waals surface area contributed by atoms with Gasteiger partial charge in [-0.15, -0.1) is 0 Å².